The van der Waals surface area contributed by atoms with E-state index in [1.807, 2.05) is 42.9 Å². The van der Waals surface area contributed by atoms with Crippen LogP contribution in [-0.2, 0) is 11.3 Å². The highest BCUT2D eigenvalue weighted by atomic mass is 19.1. The lowest BCUT2D eigenvalue weighted by atomic mass is 9.88. The predicted molar refractivity (Wildman–Crippen MR) is 72.9 cm³/mol. The van der Waals surface area contributed by atoms with E-state index >= 15 is 0 Å². The quantitative estimate of drug-likeness (QED) is 0.762. The van der Waals surface area contributed by atoms with E-state index in [4.69, 9.17) is 4.74 Å². The molecule has 0 aliphatic heterocycles. The molecule has 0 aromatic carbocycles. The molecule has 0 unspecified atom stereocenters. The average molecular weight is 276 g/mol. The highest BCUT2D eigenvalue weighted by Crippen LogP contribution is 2.20. The summed E-state index contributed by atoms with van der Waals surface area (Å²) in [5.74, 6) is -0.354. The van der Waals surface area contributed by atoms with Crippen LogP contribution in [0.5, 0.6) is 5.75 Å². The van der Waals surface area contributed by atoms with Gasteiger partial charge in [-0.2, -0.15) is 4.39 Å². The summed E-state index contributed by atoms with van der Waals surface area (Å²) in [5.41, 5.74) is -0.551. The Balaban J connectivity index is 1.93. The molecule has 0 aliphatic rings. The van der Waals surface area contributed by atoms with Crippen LogP contribution in [0.15, 0.2) is 42.9 Å². The lowest BCUT2D eigenvalue weighted by molar-refractivity contribution is -0.129. The van der Waals surface area contributed by atoms with Crippen molar-refractivity contribution in [3.63, 3.8) is 0 Å². The van der Waals surface area contributed by atoms with Gasteiger partial charge >= 0.3 is 0 Å². The van der Waals surface area contributed by atoms with Gasteiger partial charge in [-0.15, -0.1) is 0 Å². The molecule has 0 aliphatic carbocycles. The Bertz CT molecular complexity index is 579. The molecule has 0 spiro atoms. The van der Waals surface area contributed by atoms with Crippen molar-refractivity contribution in [2.45, 2.75) is 20.4 Å². The van der Waals surface area contributed by atoms with Gasteiger partial charge in [-0.25, -0.2) is 4.98 Å². The fourth-order valence-corrected chi connectivity index (χ4v) is 1.84. The summed E-state index contributed by atoms with van der Waals surface area (Å²) in [5, 5.41) is 0. The van der Waals surface area contributed by atoms with E-state index in [1.54, 1.807) is 0 Å². The average Bonchev–Trinajstić information content (AvgIpc) is 2.88. The zero-order valence-electron chi connectivity index (χ0n) is 11.5. The van der Waals surface area contributed by atoms with Crippen molar-refractivity contribution in [3.8, 4) is 5.75 Å². The molecule has 0 fully saturated rings. The number of pyridine rings is 1. The maximum Gasteiger partial charge on any atom is 0.216 e. The third-order valence-electron chi connectivity index (χ3n) is 3.07. The van der Waals surface area contributed by atoms with Gasteiger partial charge in [0.2, 0.25) is 5.95 Å². The lowest BCUT2D eigenvalue weighted by Gasteiger charge is -2.23. The van der Waals surface area contributed by atoms with Crippen LogP contribution in [0, 0.1) is 11.4 Å². The van der Waals surface area contributed by atoms with E-state index in [2.05, 4.69) is 4.98 Å². The van der Waals surface area contributed by atoms with Crippen LogP contribution >= 0.6 is 0 Å². The van der Waals surface area contributed by atoms with E-state index in [9.17, 15) is 9.18 Å². The number of halogens is 1. The number of carbonyl (C=O) groups is 1. The minimum Gasteiger partial charge on any atom is -0.486 e. The summed E-state index contributed by atoms with van der Waals surface area (Å²) in [6.45, 7) is 4.22. The number of carbonyl (C=O) groups excluding carboxylic acids is 1. The fourth-order valence-electron chi connectivity index (χ4n) is 1.84. The molecule has 0 bridgehead atoms. The van der Waals surface area contributed by atoms with Crippen molar-refractivity contribution in [1.29, 1.82) is 0 Å². The Kier molecular flexibility index (Phi) is 4.17. The van der Waals surface area contributed by atoms with Crippen molar-refractivity contribution in [2.75, 3.05) is 6.61 Å². The first kappa shape index (κ1) is 14.2. The van der Waals surface area contributed by atoms with Crippen LogP contribution < -0.4 is 4.74 Å². The maximum atomic E-state index is 12.9. The second-order valence-electron chi connectivity index (χ2n) is 5.27. The molecule has 2 aromatic rings. The Hall–Kier alpha value is -2.17. The first-order valence-electron chi connectivity index (χ1n) is 6.36. The Morgan fingerprint density at radius 1 is 1.40 bits per heavy atom. The number of ketones is 1. The molecule has 2 heterocycles. The summed E-state index contributed by atoms with van der Waals surface area (Å²) in [7, 11) is 0. The molecule has 0 amide bonds. The highest BCUT2D eigenvalue weighted by Gasteiger charge is 2.28. The summed E-state index contributed by atoms with van der Waals surface area (Å²) < 4.78 is 20.2. The van der Waals surface area contributed by atoms with Gasteiger partial charge in [-0.3, -0.25) is 4.79 Å². The summed E-state index contributed by atoms with van der Waals surface area (Å²) in [6.07, 6.45) is 5.13. The van der Waals surface area contributed by atoms with Gasteiger partial charge in [-0.05, 0) is 18.2 Å². The standard InChI is InChI=1S/C15H17FN2O2/c1-15(2,11-18-7-3-4-8-18)13(19)10-20-12-5-6-17-14(16)9-12/h3-9H,10-11H2,1-2H3. The fraction of sp³-hybridized carbons (Fsp3) is 0.333. The molecular weight excluding hydrogens is 259 g/mol. The van der Waals surface area contributed by atoms with E-state index < -0.39 is 11.4 Å². The van der Waals surface area contributed by atoms with Gasteiger partial charge in [-0.1, -0.05) is 13.8 Å². The van der Waals surface area contributed by atoms with Crippen molar-refractivity contribution in [3.05, 3.63) is 48.8 Å². The summed E-state index contributed by atoms with van der Waals surface area (Å²) in [4.78, 5) is 15.6. The van der Waals surface area contributed by atoms with Gasteiger partial charge in [0.15, 0.2) is 5.78 Å². The molecule has 5 heteroatoms. The van der Waals surface area contributed by atoms with Crippen LogP contribution in [0.1, 0.15) is 13.8 Å². The van der Waals surface area contributed by atoms with E-state index in [1.165, 1.54) is 12.3 Å². The van der Waals surface area contributed by atoms with Crippen molar-refractivity contribution >= 4 is 5.78 Å². The molecule has 0 saturated heterocycles. The van der Waals surface area contributed by atoms with Crippen LogP contribution in [0.25, 0.3) is 0 Å². The number of Topliss-reactive ketones (excluding diaryl/α,β-unsaturated/α-hetero) is 1. The molecule has 2 aromatic heterocycles. The van der Waals surface area contributed by atoms with Crippen LogP contribution in [-0.4, -0.2) is 21.9 Å². The van der Waals surface area contributed by atoms with Gasteiger partial charge in [0.25, 0.3) is 0 Å². The molecule has 0 radical (unpaired) electrons. The third kappa shape index (κ3) is 3.66. The number of ether oxygens (including phenoxy) is 1. The monoisotopic (exact) mass is 276 g/mol. The summed E-state index contributed by atoms with van der Waals surface area (Å²) in [6, 6.07) is 6.51. The first-order valence-corrected chi connectivity index (χ1v) is 6.36. The molecule has 0 saturated carbocycles. The second-order valence-corrected chi connectivity index (χ2v) is 5.27. The number of nitrogens with zero attached hydrogens (tertiary/aromatic N) is 2. The van der Waals surface area contributed by atoms with Crippen LogP contribution in [0.4, 0.5) is 4.39 Å². The molecule has 2 rings (SSSR count). The molecule has 4 nitrogen and oxygen atoms in total. The number of rotatable bonds is 6. The molecular formula is C15H17FN2O2. The van der Waals surface area contributed by atoms with Gasteiger partial charge in [0.05, 0.1) is 0 Å². The summed E-state index contributed by atoms with van der Waals surface area (Å²) >= 11 is 0. The topological polar surface area (TPSA) is 44.1 Å². The van der Waals surface area contributed by atoms with E-state index in [0.29, 0.717) is 12.3 Å². The zero-order valence-corrected chi connectivity index (χ0v) is 11.5. The molecule has 0 N–H and O–H groups in total. The SMILES string of the molecule is CC(C)(Cn1cccc1)C(=O)COc1ccnc(F)c1. The molecule has 106 valence electrons. The largest absolute Gasteiger partial charge is 0.486 e. The van der Waals surface area contributed by atoms with Crippen LogP contribution in [0.3, 0.4) is 0 Å². The Labute approximate surface area is 117 Å². The highest BCUT2D eigenvalue weighted by molar-refractivity contribution is 5.85. The minimum absolute atomic E-state index is 0.0385. The van der Waals surface area contributed by atoms with E-state index in [-0.39, 0.29) is 12.4 Å². The second kappa shape index (κ2) is 5.86. The normalized spacial score (nSPS) is 11.3. The zero-order chi connectivity index (χ0) is 14.6. The first-order chi connectivity index (χ1) is 9.47. The number of hydrogen-bond acceptors (Lipinski definition) is 3. The lowest BCUT2D eigenvalue weighted by Crippen LogP contribution is -2.33. The minimum atomic E-state index is -0.624. The van der Waals surface area contributed by atoms with Crippen LogP contribution in [0.2, 0.25) is 0 Å². The van der Waals surface area contributed by atoms with Crippen molar-refractivity contribution in [1.82, 2.24) is 9.55 Å². The van der Waals surface area contributed by atoms with Gasteiger partial charge in [0, 0.05) is 36.6 Å². The van der Waals surface area contributed by atoms with E-state index in [0.717, 1.165) is 6.07 Å². The van der Waals surface area contributed by atoms with Gasteiger partial charge < -0.3 is 9.30 Å². The molecule has 20 heavy (non-hydrogen) atoms. The smallest absolute Gasteiger partial charge is 0.216 e. The Morgan fingerprint density at radius 2 is 2.10 bits per heavy atom. The Morgan fingerprint density at radius 3 is 2.75 bits per heavy atom. The number of hydrogen-bond donors (Lipinski definition) is 0. The third-order valence-corrected chi connectivity index (χ3v) is 3.07. The maximum absolute atomic E-state index is 12.9. The predicted octanol–water partition coefficient (Wildman–Crippen LogP) is 2.70. The van der Waals surface area contributed by atoms with Gasteiger partial charge in [0.1, 0.15) is 12.4 Å². The number of aromatic nitrogens is 2. The van der Waals surface area contributed by atoms with Crippen molar-refractivity contribution < 1.29 is 13.9 Å². The van der Waals surface area contributed by atoms with Crippen molar-refractivity contribution in [2.24, 2.45) is 5.41 Å². The molecule has 0 atom stereocenters.